The predicted molar refractivity (Wildman–Crippen MR) is 108 cm³/mol. The summed E-state index contributed by atoms with van der Waals surface area (Å²) >= 11 is 0. The molecule has 1 aliphatic heterocycles. The number of nitrogens with zero attached hydrogens (tertiary/aromatic N) is 2. The van der Waals surface area contributed by atoms with Crippen molar-refractivity contribution in [1.29, 1.82) is 0 Å². The second-order valence-corrected chi connectivity index (χ2v) is 7.31. The number of ether oxygens (including phenoxy) is 1. The SMILES string of the molecule is CCc1cccc(CN[C@H]2CCN(c3ncccc3C(=O)OC(C)C)C2)c1. The first-order chi connectivity index (χ1) is 13.1. The fourth-order valence-electron chi connectivity index (χ4n) is 3.43. The minimum atomic E-state index is -0.305. The molecule has 1 aromatic carbocycles. The molecule has 1 atom stereocenters. The normalized spacial score (nSPS) is 16.7. The Morgan fingerprint density at radius 3 is 2.89 bits per heavy atom. The van der Waals surface area contributed by atoms with Crippen LogP contribution in [0.3, 0.4) is 0 Å². The van der Waals surface area contributed by atoms with Gasteiger partial charge in [0.25, 0.3) is 0 Å². The number of carbonyl (C=O) groups excluding carboxylic acids is 1. The van der Waals surface area contributed by atoms with E-state index in [9.17, 15) is 4.79 Å². The Kier molecular flexibility index (Phi) is 6.45. The zero-order valence-electron chi connectivity index (χ0n) is 16.4. The van der Waals surface area contributed by atoms with E-state index in [1.165, 1.54) is 11.1 Å². The summed E-state index contributed by atoms with van der Waals surface area (Å²) in [5, 5.41) is 3.64. The summed E-state index contributed by atoms with van der Waals surface area (Å²) in [6, 6.07) is 12.7. The number of nitrogens with one attached hydrogen (secondary N) is 1. The van der Waals surface area contributed by atoms with Gasteiger partial charge < -0.3 is 15.0 Å². The molecular weight excluding hydrogens is 338 g/mol. The lowest BCUT2D eigenvalue weighted by Gasteiger charge is -2.21. The maximum atomic E-state index is 12.4. The van der Waals surface area contributed by atoms with Crippen molar-refractivity contribution in [2.24, 2.45) is 0 Å². The summed E-state index contributed by atoms with van der Waals surface area (Å²) in [6.07, 6.45) is 3.68. The molecule has 144 valence electrons. The summed E-state index contributed by atoms with van der Waals surface area (Å²) in [4.78, 5) is 19.0. The zero-order chi connectivity index (χ0) is 19.2. The Labute approximate surface area is 161 Å². The molecule has 27 heavy (non-hydrogen) atoms. The van der Waals surface area contributed by atoms with Gasteiger partial charge in [0.15, 0.2) is 0 Å². The molecule has 0 aliphatic carbocycles. The number of aromatic nitrogens is 1. The van der Waals surface area contributed by atoms with E-state index in [1.54, 1.807) is 18.3 Å². The quantitative estimate of drug-likeness (QED) is 0.758. The van der Waals surface area contributed by atoms with Crippen LogP contribution in [0.5, 0.6) is 0 Å². The van der Waals surface area contributed by atoms with Crippen molar-refractivity contribution in [3.05, 3.63) is 59.3 Å². The van der Waals surface area contributed by atoms with E-state index < -0.39 is 0 Å². The highest BCUT2D eigenvalue weighted by molar-refractivity contribution is 5.94. The van der Waals surface area contributed by atoms with Gasteiger partial charge >= 0.3 is 5.97 Å². The maximum absolute atomic E-state index is 12.4. The first kappa shape index (κ1) is 19.4. The lowest BCUT2D eigenvalue weighted by Crippen LogP contribution is -2.33. The topological polar surface area (TPSA) is 54.5 Å². The van der Waals surface area contributed by atoms with Crippen molar-refractivity contribution in [2.45, 2.75) is 52.3 Å². The summed E-state index contributed by atoms with van der Waals surface area (Å²) in [5.74, 6) is 0.418. The van der Waals surface area contributed by atoms with Gasteiger partial charge in [-0.2, -0.15) is 0 Å². The lowest BCUT2D eigenvalue weighted by atomic mass is 10.1. The second kappa shape index (κ2) is 9.00. The third kappa shape index (κ3) is 5.07. The van der Waals surface area contributed by atoms with Gasteiger partial charge in [-0.25, -0.2) is 9.78 Å². The van der Waals surface area contributed by atoms with Crippen LogP contribution in [0.2, 0.25) is 0 Å². The average Bonchev–Trinajstić information content (AvgIpc) is 3.15. The van der Waals surface area contributed by atoms with Gasteiger partial charge in [0.1, 0.15) is 11.4 Å². The van der Waals surface area contributed by atoms with Crippen LogP contribution in [0.15, 0.2) is 42.6 Å². The largest absolute Gasteiger partial charge is 0.459 e. The molecule has 1 N–H and O–H groups in total. The highest BCUT2D eigenvalue weighted by Crippen LogP contribution is 2.23. The first-order valence-electron chi connectivity index (χ1n) is 9.79. The van der Waals surface area contributed by atoms with E-state index in [0.717, 1.165) is 38.3 Å². The van der Waals surface area contributed by atoms with E-state index in [4.69, 9.17) is 4.74 Å². The lowest BCUT2D eigenvalue weighted by molar-refractivity contribution is 0.0378. The number of esters is 1. The van der Waals surface area contributed by atoms with Crippen LogP contribution in [-0.2, 0) is 17.7 Å². The van der Waals surface area contributed by atoms with Gasteiger partial charge in [-0.05, 0) is 49.9 Å². The molecular formula is C22H29N3O2. The van der Waals surface area contributed by atoms with E-state index in [2.05, 4.69) is 46.4 Å². The van der Waals surface area contributed by atoms with Crippen LogP contribution in [0.4, 0.5) is 5.82 Å². The zero-order valence-corrected chi connectivity index (χ0v) is 16.4. The Hall–Kier alpha value is -2.40. The fraction of sp³-hybridized carbons (Fsp3) is 0.455. The van der Waals surface area contributed by atoms with Crippen molar-refractivity contribution < 1.29 is 9.53 Å². The minimum absolute atomic E-state index is 0.141. The maximum Gasteiger partial charge on any atom is 0.342 e. The van der Waals surface area contributed by atoms with E-state index in [-0.39, 0.29) is 12.1 Å². The molecule has 0 saturated carbocycles. The van der Waals surface area contributed by atoms with Crippen LogP contribution >= 0.6 is 0 Å². The van der Waals surface area contributed by atoms with Crippen LogP contribution in [-0.4, -0.2) is 36.2 Å². The van der Waals surface area contributed by atoms with Crippen molar-refractivity contribution in [1.82, 2.24) is 10.3 Å². The number of rotatable bonds is 7. The van der Waals surface area contributed by atoms with E-state index >= 15 is 0 Å². The van der Waals surface area contributed by atoms with E-state index in [1.807, 2.05) is 13.8 Å². The summed E-state index contributed by atoms with van der Waals surface area (Å²) < 4.78 is 5.37. The second-order valence-electron chi connectivity index (χ2n) is 7.31. The smallest absolute Gasteiger partial charge is 0.342 e. The number of hydrogen-bond donors (Lipinski definition) is 1. The van der Waals surface area contributed by atoms with Crippen molar-refractivity contribution >= 4 is 11.8 Å². The Balaban J connectivity index is 1.62. The summed E-state index contributed by atoms with van der Waals surface area (Å²) in [5.41, 5.74) is 3.22. The van der Waals surface area contributed by atoms with Crippen LogP contribution in [0.25, 0.3) is 0 Å². The number of benzene rings is 1. The number of aryl methyl sites for hydroxylation is 1. The number of anilines is 1. The predicted octanol–water partition coefficient (Wildman–Crippen LogP) is 3.58. The monoisotopic (exact) mass is 367 g/mol. The molecule has 3 rings (SSSR count). The molecule has 1 aromatic heterocycles. The number of hydrogen-bond acceptors (Lipinski definition) is 5. The third-order valence-corrected chi connectivity index (χ3v) is 4.83. The van der Waals surface area contributed by atoms with Crippen LogP contribution < -0.4 is 10.2 Å². The molecule has 0 radical (unpaired) electrons. The standard InChI is InChI=1S/C22H29N3O2/c1-4-17-7-5-8-18(13-17)14-24-19-10-12-25(15-19)21-20(9-6-11-23-21)22(26)27-16(2)3/h5-9,11,13,16,19,24H,4,10,12,14-15H2,1-3H3/t19-/m0/s1. The van der Waals surface area contributed by atoms with Crippen LogP contribution in [0, 0.1) is 0 Å². The molecule has 5 nitrogen and oxygen atoms in total. The van der Waals surface area contributed by atoms with E-state index in [0.29, 0.717) is 11.6 Å². The van der Waals surface area contributed by atoms with Gasteiger partial charge in [0.2, 0.25) is 0 Å². The molecule has 1 aliphatic rings. The molecule has 0 amide bonds. The molecule has 0 spiro atoms. The first-order valence-corrected chi connectivity index (χ1v) is 9.79. The highest BCUT2D eigenvalue weighted by Gasteiger charge is 2.27. The molecule has 1 saturated heterocycles. The van der Waals surface area contributed by atoms with Crippen molar-refractivity contribution in [3.8, 4) is 0 Å². The Bertz CT molecular complexity index is 776. The van der Waals surface area contributed by atoms with Gasteiger partial charge in [-0.3, -0.25) is 0 Å². The average molecular weight is 367 g/mol. The Morgan fingerprint density at radius 2 is 2.11 bits per heavy atom. The Morgan fingerprint density at radius 1 is 1.30 bits per heavy atom. The number of pyridine rings is 1. The summed E-state index contributed by atoms with van der Waals surface area (Å²) in [6.45, 7) is 8.47. The molecule has 0 bridgehead atoms. The van der Waals surface area contributed by atoms with Gasteiger partial charge in [0, 0.05) is 31.9 Å². The third-order valence-electron chi connectivity index (χ3n) is 4.83. The van der Waals surface area contributed by atoms with Crippen molar-refractivity contribution in [2.75, 3.05) is 18.0 Å². The molecule has 5 heteroatoms. The highest BCUT2D eigenvalue weighted by atomic mass is 16.5. The fourth-order valence-corrected chi connectivity index (χ4v) is 3.43. The van der Waals surface area contributed by atoms with Crippen LogP contribution in [0.1, 0.15) is 48.7 Å². The van der Waals surface area contributed by atoms with Gasteiger partial charge in [-0.1, -0.05) is 31.2 Å². The summed E-state index contributed by atoms with van der Waals surface area (Å²) in [7, 11) is 0. The number of carbonyl (C=O) groups is 1. The van der Waals surface area contributed by atoms with Gasteiger partial charge in [-0.15, -0.1) is 0 Å². The molecule has 2 heterocycles. The molecule has 0 unspecified atom stereocenters. The molecule has 1 fully saturated rings. The molecule has 2 aromatic rings. The van der Waals surface area contributed by atoms with Crippen molar-refractivity contribution in [3.63, 3.8) is 0 Å². The van der Waals surface area contributed by atoms with Gasteiger partial charge in [0.05, 0.1) is 6.10 Å². The minimum Gasteiger partial charge on any atom is -0.459 e.